The zero-order valence-corrected chi connectivity index (χ0v) is 13.4. The van der Waals surface area contributed by atoms with Gasteiger partial charge in [0.05, 0.1) is 0 Å². The molecule has 4 nitrogen and oxygen atoms in total. The highest BCUT2D eigenvalue weighted by Crippen LogP contribution is 2.31. The molecule has 116 valence electrons. The van der Waals surface area contributed by atoms with Gasteiger partial charge in [-0.05, 0) is 24.6 Å². The van der Waals surface area contributed by atoms with Crippen LogP contribution >= 0.6 is 11.6 Å². The number of ether oxygens (including phenoxy) is 1. The number of benzene rings is 2. The minimum Gasteiger partial charge on any atom is -0.482 e. The first-order valence-electron chi connectivity index (χ1n) is 7.23. The van der Waals surface area contributed by atoms with Crippen LogP contribution < -0.4 is 10.1 Å². The lowest BCUT2D eigenvalue weighted by atomic mass is 10.2. The standard InChI is InChI=1S/C18H16ClN3O/c1-13-7-9-15(10-8-13)22-18-16(17(19)20-12-21-18)23-11-14-5-3-2-4-6-14/h2-10,12H,11H2,1H3,(H,20,21,22). The topological polar surface area (TPSA) is 47.0 Å². The predicted octanol–water partition coefficient (Wildman–Crippen LogP) is 4.76. The predicted molar refractivity (Wildman–Crippen MR) is 92.3 cm³/mol. The van der Waals surface area contributed by atoms with Crippen LogP contribution in [-0.4, -0.2) is 9.97 Å². The molecule has 0 saturated heterocycles. The zero-order valence-electron chi connectivity index (χ0n) is 12.7. The Morgan fingerprint density at radius 1 is 1.00 bits per heavy atom. The van der Waals surface area contributed by atoms with Crippen molar-refractivity contribution in [2.45, 2.75) is 13.5 Å². The van der Waals surface area contributed by atoms with Gasteiger partial charge in [-0.15, -0.1) is 0 Å². The molecule has 1 aromatic heterocycles. The molecule has 0 aliphatic heterocycles. The summed E-state index contributed by atoms with van der Waals surface area (Å²) in [7, 11) is 0. The van der Waals surface area contributed by atoms with E-state index in [0.29, 0.717) is 18.2 Å². The molecule has 2 aromatic carbocycles. The summed E-state index contributed by atoms with van der Waals surface area (Å²) in [5.74, 6) is 0.989. The van der Waals surface area contributed by atoms with Gasteiger partial charge in [0, 0.05) is 5.69 Å². The van der Waals surface area contributed by atoms with Crippen molar-refractivity contribution in [3.05, 3.63) is 77.2 Å². The van der Waals surface area contributed by atoms with Gasteiger partial charge >= 0.3 is 0 Å². The highest BCUT2D eigenvalue weighted by Gasteiger charge is 2.12. The van der Waals surface area contributed by atoms with E-state index in [0.717, 1.165) is 11.3 Å². The Labute approximate surface area is 140 Å². The molecule has 0 fully saturated rings. The van der Waals surface area contributed by atoms with Crippen molar-refractivity contribution >= 4 is 23.1 Å². The fraction of sp³-hybridized carbons (Fsp3) is 0.111. The largest absolute Gasteiger partial charge is 0.482 e. The molecule has 0 aliphatic carbocycles. The normalized spacial score (nSPS) is 10.3. The van der Waals surface area contributed by atoms with Crippen molar-refractivity contribution < 1.29 is 4.74 Å². The molecule has 0 saturated carbocycles. The Kier molecular flexibility index (Phi) is 4.74. The minimum atomic E-state index is 0.283. The summed E-state index contributed by atoms with van der Waals surface area (Å²) >= 11 is 6.17. The van der Waals surface area contributed by atoms with Crippen molar-refractivity contribution in [1.82, 2.24) is 9.97 Å². The van der Waals surface area contributed by atoms with E-state index in [2.05, 4.69) is 15.3 Å². The molecule has 3 aromatic rings. The van der Waals surface area contributed by atoms with Crippen LogP contribution in [0.4, 0.5) is 11.5 Å². The van der Waals surface area contributed by atoms with E-state index >= 15 is 0 Å². The third-order valence-corrected chi connectivity index (χ3v) is 3.57. The van der Waals surface area contributed by atoms with Gasteiger partial charge in [0.2, 0.25) is 0 Å². The average molecular weight is 326 g/mol. The molecular weight excluding hydrogens is 310 g/mol. The summed E-state index contributed by atoms with van der Waals surface area (Å²) in [5.41, 5.74) is 3.15. The van der Waals surface area contributed by atoms with Crippen LogP contribution in [0.15, 0.2) is 60.9 Å². The maximum Gasteiger partial charge on any atom is 0.199 e. The molecule has 0 bridgehead atoms. The molecule has 0 radical (unpaired) electrons. The van der Waals surface area contributed by atoms with E-state index in [1.54, 1.807) is 0 Å². The molecule has 23 heavy (non-hydrogen) atoms. The lowest BCUT2D eigenvalue weighted by Crippen LogP contribution is -2.02. The number of nitrogens with zero attached hydrogens (tertiary/aromatic N) is 2. The highest BCUT2D eigenvalue weighted by molar-refractivity contribution is 6.31. The van der Waals surface area contributed by atoms with Gasteiger partial charge in [0.1, 0.15) is 12.9 Å². The first kappa shape index (κ1) is 15.3. The molecule has 0 aliphatic rings. The van der Waals surface area contributed by atoms with Gasteiger partial charge < -0.3 is 10.1 Å². The number of hydrogen-bond donors (Lipinski definition) is 1. The monoisotopic (exact) mass is 325 g/mol. The number of aromatic nitrogens is 2. The Bertz CT molecular complexity index is 776. The van der Waals surface area contributed by atoms with E-state index in [1.807, 2.05) is 61.5 Å². The van der Waals surface area contributed by atoms with Crippen LogP contribution in [0.1, 0.15) is 11.1 Å². The molecule has 0 unspecified atom stereocenters. The Morgan fingerprint density at radius 2 is 1.74 bits per heavy atom. The van der Waals surface area contributed by atoms with Crippen LogP contribution in [0.2, 0.25) is 5.15 Å². The van der Waals surface area contributed by atoms with Gasteiger partial charge in [0.15, 0.2) is 16.7 Å². The Hall–Kier alpha value is -2.59. The number of halogens is 1. The smallest absolute Gasteiger partial charge is 0.199 e. The van der Waals surface area contributed by atoms with Crippen LogP contribution in [0.3, 0.4) is 0 Å². The van der Waals surface area contributed by atoms with Crippen LogP contribution in [0.5, 0.6) is 5.75 Å². The first-order chi connectivity index (χ1) is 11.2. The summed E-state index contributed by atoms with van der Waals surface area (Å²) in [6, 6.07) is 17.9. The quantitative estimate of drug-likeness (QED) is 0.687. The van der Waals surface area contributed by atoms with Crippen molar-refractivity contribution in [1.29, 1.82) is 0 Å². The molecule has 5 heteroatoms. The Balaban J connectivity index is 1.80. The summed E-state index contributed by atoms with van der Waals surface area (Å²) in [6.45, 7) is 2.44. The van der Waals surface area contributed by atoms with Gasteiger partial charge in [-0.25, -0.2) is 9.97 Å². The number of rotatable bonds is 5. The maximum absolute atomic E-state index is 6.17. The Morgan fingerprint density at radius 3 is 2.48 bits per heavy atom. The highest BCUT2D eigenvalue weighted by atomic mass is 35.5. The van der Waals surface area contributed by atoms with E-state index < -0.39 is 0 Å². The van der Waals surface area contributed by atoms with Gasteiger partial charge in [-0.2, -0.15) is 0 Å². The summed E-state index contributed by atoms with van der Waals surface area (Å²) in [4.78, 5) is 8.23. The van der Waals surface area contributed by atoms with Crippen LogP contribution in [-0.2, 0) is 6.61 Å². The molecule has 3 rings (SSSR count). The van der Waals surface area contributed by atoms with Crippen LogP contribution in [0, 0.1) is 6.92 Å². The number of aryl methyl sites for hydroxylation is 1. The fourth-order valence-electron chi connectivity index (χ4n) is 2.07. The fourth-order valence-corrected chi connectivity index (χ4v) is 2.26. The lowest BCUT2D eigenvalue weighted by molar-refractivity contribution is 0.305. The lowest BCUT2D eigenvalue weighted by Gasteiger charge is -2.13. The SMILES string of the molecule is Cc1ccc(Nc2ncnc(Cl)c2OCc2ccccc2)cc1. The number of nitrogens with one attached hydrogen (secondary N) is 1. The zero-order chi connectivity index (χ0) is 16.1. The van der Waals surface area contributed by atoms with Gasteiger partial charge in [-0.1, -0.05) is 59.6 Å². The summed E-state index contributed by atoms with van der Waals surface area (Å²) in [5, 5.41) is 3.50. The molecule has 1 N–H and O–H groups in total. The number of hydrogen-bond acceptors (Lipinski definition) is 4. The van der Waals surface area contributed by atoms with Crippen molar-refractivity contribution in [2.75, 3.05) is 5.32 Å². The molecular formula is C18H16ClN3O. The van der Waals surface area contributed by atoms with E-state index in [9.17, 15) is 0 Å². The van der Waals surface area contributed by atoms with Crippen molar-refractivity contribution in [3.63, 3.8) is 0 Å². The van der Waals surface area contributed by atoms with Gasteiger partial charge in [0.25, 0.3) is 0 Å². The molecule has 0 spiro atoms. The second-order valence-electron chi connectivity index (χ2n) is 5.11. The van der Waals surface area contributed by atoms with E-state index in [-0.39, 0.29) is 5.15 Å². The first-order valence-corrected chi connectivity index (χ1v) is 7.61. The summed E-state index contributed by atoms with van der Waals surface area (Å²) < 4.78 is 5.83. The van der Waals surface area contributed by atoms with Crippen LogP contribution in [0.25, 0.3) is 0 Å². The minimum absolute atomic E-state index is 0.283. The van der Waals surface area contributed by atoms with Gasteiger partial charge in [-0.3, -0.25) is 0 Å². The van der Waals surface area contributed by atoms with Crippen molar-refractivity contribution in [3.8, 4) is 5.75 Å². The van der Waals surface area contributed by atoms with E-state index in [4.69, 9.17) is 16.3 Å². The third-order valence-electron chi connectivity index (χ3n) is 3.30. The third kappa shape index (κ3) is 3.99. The average Bonchev–Trinajstić information content (AvgIpc) is 2.57. The second kappa shape index (κ2) is 7.11. The molecule has 1 heterocycles. The number of anilines is 2. The summed E-state index contributed by atoms with van der Waals surface area (Å²) in [6.07, 6.45) is 1.41. The van der Waals surface area contributed by atoms with Crippen molar-refractivity contribution in [2.24, 2.45) is 0 Å². The van der Waals surface area contributed by atoms with E-state index in [1.165, 1.54) is 11.9 Å². The molecule has 0 amide bonds. The maximum atomic E-state index is 6.17. The second-order valence-corrected chi connectivity index (χ2v) is 5.47. The molecule has 0 atom stereocenters.